The van der Waals surface area contributed by atoms with E-state index >= 15 is 0 Å². The van der Waals surface area contributed by atoms with Gasteiger partial charge in [-0.05, 0) is 44.1 Å². The molecule has 1 aromatic carbocycles. The third-order valence-corrected chi connectivity index (χ3v) is 3.36. The van der Waals surface area contributed by atoms with Gasteiger partial charge in [-0.25, -0.2) is 4.79 Å². The number of carboxylic acids is 1. The fourth-order valence-corrected chi connectivity index (χ4v) is 2.27. The van der Waals surface area contributed by atoms with Crippen LogP contribution in [0.2, 0.25) is 0 Å². The van der Waals surface area contributed by atoms with Crippen molar-refractivity contribution in [2.75, 3.05) is 25.0 Å². The van der Waals surface area contributed by atoms with Crippen LogP contribution in [0.3, 0.4) is 0 Å². The van der Waals surface area contributed by atoms with Crippen molar-refractivity contribution in [3.8, 4) is 5.75 Å². The van der Waals surface area contributed by atoms with Crippen molar-refractivity contribution in [2.24, 2.45) is 0 Å². The molecule has 0 saturated carbocycles. The summed E-state index contributed by atoms with van der Waals surface area (Å²) < 4.78 is 0. The molecule has 1 amide bonds. The van der Waals surface area contributed by atoms with E-state index in [1.54, 1.807) is 0 Å². The number of benzene rings is 1. The number of carboxylic acid groups (broad SMARTS) is 1. The molecule has 6 nitrogen and oxygen atoms in total. The van der Waals surface area contributed by atoms with Gasteiger partial charge in [0.25, 0.3) is 0 Å². The normalized spacial score (nSPS) is 15.2. The average molecular weight is 278 g/mol. The number of hydrogen-bond acceptors (Lipinski definition) is 4. The van der Waals surface area contributed by atoms with E-state index in [0.29, 0.717) is 12.1 Å². The van der Waals surface area contributed by atoms with Gasteiger partial charge in [-0.1, -0.05) is 0 Å². The van der Waals surface area contributed by atoms with E-state index in [0.717, 1.165) is 19.6 Å². The highest BCUT2D eigenvalue weighted by Gasteiger charge is 2.14. The molecular formula is C14H18N2O4. The zero-order chi connectivity index (χ0) is 14.5. The highest BCUT2D eigenvalue weighted by Crippen LogP contribution is 2.21. The molecule has 0 radical (unpaired) electrons. The molecule has 0 spiro atoms. The van der Waals surface area contributed by atoms with E-state index in [1.165, 1.54) is 31.0 Å². The number of nitrogens with zero attached hydrogens (tertiary/aromatic N) is 1. The SMILES string of the molecule is O=C(CCN1CCCC1)Nc1ccc(O)c(C(=O)O)c1. The van der Waals surface area contributed by atoms with Crippen LogP contribution in [0.4, 0.5) is 5.69 Å². The Morgan fingerprint density at radius 3 is 2.60 bits per heavy atom. The molecule has 1 fully saturated rings. The summed E-state index contributed by atoms with van der Waals surface area (Å²) in [7, 11) is 0. The average Bonchev–Trinajstić information content (AvgIpc) is 2.91. The first-order valence-electron chi connectivity index (χ1n) is 6.65. The Morgan fingerprint density at radius 2 is 1.95 bits per heavy atom. The summed E-state index contributed by atoms with van der Waals surface area (Å²) in [5.41, 5.74) is 0.161. The summed E-state index contributed by atoms with van der Waals surface area (Å²) in [5.74, 6) is -1.69. The number of rotatable bonds is 5. The summed E-state index contributed by atoms with van der Waals surface area (Å²) >= 11 is 0. The second kappa shape index (κ2) is 6.38. The first kappa shape index (κ1) is 14.3. The molecule has 0 aliphatic carbocycles. The fraction of sp³-hybridized carbons (Fsp3) is 0.429. The monoisotopic (exact) mass is 278 g/mol. The number of aromatic hydroxyl groups is 1. The molecule has 0 aromatic heterocycles. The standard InChI is InChI=1S/C14H18N2O4/c17-12-4-3-10(9-11(12)14(19)20)15-13(18)5-8-16-6-1-2-7-16/h3-4,9,17H,1-2,5-8H2,(H,15,18)(H,19,20). The van der Waals surface area contributed by atoms with Crippen molar-refractivity contribution in [3.05, 3.63) is 23.8 Å². The van der Waals surface area contributed by atoms with Crippen LogP contribution >= 0.6 is 0 Å². The number of phenols is 1. The summed E-state index contributed by atoms with van der Waals surface area (Å²) in [6.45, 7) is 2.79. The Balaban J connectivity index is 1.90. The zero-order valence-corrected chi connectivity index (χ0v) is 11.1. The third-order valence-electron chi connectivity index (χ3n) is 3.36. The zero-order valence-electron chi connectivity index (χ0n) is 11.1. The summed E-state index contributed by atoms with van der Waals surface area (Å²) in [6, 6.07) is 4.00. The molecule has 3 N–H and O–H groups in total. The van der Waals surface area contributed by atoms with Crippen molar-refractivity contribution in [1.29, 1.82) is 0 Å². The lowest BCUT2D eigenvalue weighted by Gasteiger charge is -2.14. The highest BCUT2D eigenvalue weighted by molar-refractivity contribution is 5.95. The maximum absolute atomic E-state index is 11.8. The van der Waals surface area contributed by atoms with Gasteiger partial charge in [0.2, 0.25) is 5.91 Å². The second-order valence-electron chi connectivity index (χ2n) is 4.88. The van der Waals surface area contributed by atoms with Crippen LogP contribution in [0.1, 0.15) is 29.6 Å². The van der Waals surface area contributed by atoms with Crippen LogP contribution in [-0.2, 0) is 4.79 Å². The minimum absolute atomic E-state index is 0.154. The molecule has 1 saturated heterocycles. The van der Waals surface area contributed by atoms with Gasteiger partial charge < -0.3 is 20.4 Å². The second-order valence-corrected chi connectivity index (χ2v) is 4.88. The van der Waals surface area contributed by atoms with E-state index in [4.69, 9.17) is 5.11 Å². The number of anilines is 1. The lowest BCUT2D eigenvalue weighted by Crippen LogP contribution is -2.25. The van der Waals surface area contributed by atoms with Crippen molar-refractivity contribution < 1.29 is 19.8 Å². The Morgan fingerprint density at radius 1 is 1.25 bits per heavy atom. The molecule has 1 heterocycles. The van der Waals surface area contributed by atoms with Gasteiger partial charge in [-0.15, -0.1) is 0 Å². The van der Waals surface area contributed by atoms with Crippen LogP contribution in [0.25, 0.3) is 0 Å². The number of nitrogens with one attached hydrogen (secondary N) is 1. The van der Waals surface area contributed by atoms with E-state index in [2.05, 4.69) is 10.2 Å². The number of carbonyl (C=O) groups excluding carboxylic acids is 1. The van der Waals surface area contributed by atoms with Gasteiger partial charge >= 0.3 is 5.97 Å². The highest BCUT2D eigenvalue weighted by atomic mass is 16.4. The molecule has 1 aromatic rings. The van der Waals surface area contributed by atoms with Crippen molar-refractivity contribution >= 4 is 17.6 Å². The first-order chi connectivity index (χ1) is 9.56. The molecule has 0 bridgehead atoms. The number of hydrogen-bond donors (Lipinski definition) is 3. The lowest BCUT2D eigenvalue weighted by molar-refractivity contribution is -0.116. The molecule has 20 heavy (non-hydrogen) atoms. The molecule has 1 aliphatic heterocycles. The number of aromatic carboxylic acids is 1. The first-order valence-corrected chi connectivity index (χ1v) is 6.65. The molecular weight excluding hydrogens is 260 g/mol. The Labute approximate surface area is 117 Å². The summed E-state index contributed by atoms with van der Waals surface area (Å²) in [6.07, 6.45) is 2.74. The third kappa shape index (κ3) is 3.71. The summed E-state index contributed by atoms with van der Waals surface area (Å²) in [5, 5.41) is 20.9. The minimum atomic E-state index is -1.23. The number of carbonyl (C=O) groups is 2. The molecule has 0 atom stereocenters. The number of amides is 1. The van der Waals surface area contributed by atoms with E-state index in [1.807, 2.05) is 0 Å². The van der Waals surface area contributed by atoms with Crippen LogP contribution in [-0.4, -0.2) is 46.6 Å². The lowest BCUT2D eigenvalue weighted by atomic mass is 10.1. The minimum Gasteiger partial charge on any atom is -0.507 e. The van der Waals surface area contributed by atoms with Crippen molar-refractivity contribution in [2.45, 2.75) is 19.3 Å². The van der Waals surface area contributed by atoms with Crippen LogP contribution in [0.5, 0.6) is 5.75 Å². The van der Waals surface area contributed by atoms with Gasteiger partial charge in [-0.2, -0.15) is 0 Å². The largest absolute Gasteiger partial charge is 0.507 e. The summed E-state index contributed by atoms with van der Waals surface area (Å²) in [4.78, 5) is 24.9. The van der Waals surface area contributed by atoms with Gasteiger partial charge in [0.05, 0.1) is 0 Å². The molecule has 2 rings (SSSR count). The molecule has 108 valence electrons. The Hall–Kier alpha value is -2.08. The Kier molecular flexibility index (Phi) is 4.57. The van der Waals surface area contributed by atoms with E-state index in [9.17, 15) is 14.7 Å². The van der Waals surface area contributed by atoms with Crippen LogP contribution in [0, 0.1) is 0 Å². The predicted octanol–water partition coefficient (Wildman–Crippen LogP) is 1.51. The maximum atomic E-state index is 11.8. The fourth-order valence-electron chi connectivity index (χ4n) is 2.27. The van der Waals surface area contributed by atoms with E-state index in [-0.39, 0.29) is 17.2 Å². The van der Waals surface area contributed by atoms with Gasteiger partial charge in [0.15, 0.2) is 0 Å². The smallest absolute Gasteiger partial charge is 0.339 e. The molecule has 6 heteroatoms. The molecule has 1 aliphatic rings. The van der Waals surface area contributed by atoms with Gasteiger partial charge in [-0.3, -0.25) is 4.79 Å². The topological polar surface area (TPSA) is 89.9 Å². The predicted molar refractivity (Wildman–Crippen MR) is 74.0 cm³/mol. The van der Waals surface area contributed by atoms with Crippen LogP contribution in [0.15, 0.2) is 18.2 Å². The number of likely N-dealkylation sites (tertiary alicyclic amines) is 1. The quantitative estimate of drug-likeness (QED) is 0.710. The Bertz CT molecular complexity index is 510. The van der Waals surface area contributed by atoms with Crippen LogP contribution < -0.4 is 5.32 Å². The maximum Gasteiger partial charge on any atom is 0.339 e. The van der Waals surface area contributed by atoms with Crippen molar-refractivity contribution in [1.82, 2.24) is 4.90 Å². The van der Waals surface area contributed by atoms with E-state index < -0.39 is 5.97 Å². The van der Waals surface area contributed by atoms with Gasteiger partial charge in [0, 0.05) is 18.7 Å². The van der Waals surface area contributed by atoms with Gasteiger partial charge in [0.1, 0.15) is 11.3 Å². The molecule has 0 unspecified atom stereocenters. The van der Waals surface area contributed by atoms with Crippen molar-refractivity contribution in [3.63, 3.8) is 0 Å².